The Morgan fingerprint density at radius 2 is 0.667 bits per heavy atom. The lowest BCUT2D eigenvalue weighted by atomic mass is 9.98. The van der Waals surface area contributed by atoms with E-state index in [1.807, 2.05) is 0 Å². The molecule has 0 saturated carbocycles. The van der Waals surface area contributed by atoms with Crippen LogP contribution in [0.15, 0.2) is 0 Å². The van der Waals surface area contributed by atoms with Crippen molar-refractivity contribution in [2.24, 2.45) is 52.5 Å². The molecule has 0 aliphatic carbocycles. The molecule has 25 N–H and O–H groups in total. The van der Waals surface area contributed by atoms with E-state index in [-0.39, 0.29) is 108 Å². The first-order valence-electron chi connectivity index (χ1n) is 41.7. The molecule has 42 heteroatoms. The number of nitrogens with zero attached hydrogens (tertiary/aromatic N) is 3. The van der Waals surface area contributed by atoms with Gasteiger partial charge < -0.3 is 127 Å². The van der Waals surface area contributed by atoms with Gasteiger partial charge in [-0.1, -0.05) is 75.7 Å². The zero-order chi connectivity index (χ0) is 90.5. The number of aliphatic hydroxyl groups is 3. The van der Waals surface area contributed by atoms with Crippen LogP contribution in [0.25, 0.3) is 0 Å². The molecule has 0 spiro atoms. The van der Waals surface area contributed by atoms with E-state index in [1.54, 1.807) is 69.2 Å². The van der Waals surface area contributed by atoms with Gasteiger partial charge in [0.25, 0.3) is 0 Å². The molecule has 3 aliphatic heterocycles. The average Bonchev–Trinajstić information content (AvgIpc) is 1.64. The normalized spacial score (nSPS) is 18.6. The molecule has 3 fully saturated rings. The lowest BCUT2D eigenvalue weighted by Crippen LogP contribution is -2.62. The second kappa shape index (κ2) is 52.4. The maximum absolute atomic E-state index is 14.6. The summed E-state index contributed by atoms with van der Waals surface area (Å²) in [5.41, 5.74) is 22.7. The van der Waals surface area contributed by atoms with Crippen LogP contribution in [-0.2, 0) is 86.3 Å². The summed E-state index contributed by atoms with van der Waals surface area (Å²) >= 11 is 0. The maximum Gasteiger partial charge on any atom is 0.326 e. The fourth-order valence-corrected chi connectivity index (χ4v) is 14.2. The van der Waals surface area contributed by atoms with Crippen LogP contribution in [-0.4, -0.2) is 296 Å². The number of hydrogen-bond acceptors (Lipinski definition) is 24. The van der Waals surface area contributed by atoms with E-state index >= 15 is 0 Å². The van der Waals surface area contributed by atoms with Gasteiger partial charge in [-0.2, -0.15) is 0 Å². The fraction of sp³-hybridized carbons (Fsp3) is 0.769. The minimum Gasteiger partial charge on any atom is -0.481 e. The number of primary amides is 1. The molecule has 680 valence electrons. The summed E-state index contributed by atoms with van der Waals surface area (Å²) in [5.74, 6) is -18.6. The molecule has 16 amide bonds. The van der Waals surface area contributed by atoms with Crippen LogP contribution in [0, 0.1) is 29.6 Å². The van der Waals surface area contributed by atoms with Crippen molar-refractivity contribution in [2.45, 2.75) is 301 Å². The van der Waals surface area contributed by atoms with Crippen molar-refractivity contribution in [1.82, 2.24) is 78.5 Å². The smallest absolute Gasteiger partial charge is 0.326 e. The van der Waals surface area contributed by atoms with Crippen LogP contribution in [0.5, 0.6) is 0 Å². The third-order valence-corrected chi connectivity index (χ3v) is 20.7. The van der Waals surface area contributed by atoms with Crippen LogP contribution in [0.4, 0.5) is 0 Å². The third-order valence-electron chi connectivity index (χ3n) is 20.7. The van der Waals surface area contributed by atoms with Crippen molar-refractivity contribution in [1.29, 1.82) is 0 Å². The Labute approximate surface area is 700 Å². The van der Waals surface area contributed by atoms with Gasteiger partial charge in [-0.15, -0.1) is 0 Å². The molecule has 3 rings (SSSR count). The van der Waals surface area contributed by atoms with Gasteiger partial charge in [0.05, 0.1) is 25.9 Å². The van der Waals surface area contributed by atoms with Gasteiger partial charge in [0.1, 0.15) is 90.6 Å². The van der Waals surface area contributed by atoms with Crippen molar-refractivity contribution >= 4 is 106 Å². The minimum absolute atomic E-state index is 0.000164. The monoisotopic (exact) mass is 1710 g/mol. The van der Waals surface area contributed by atoms with Crippen LogP contribution in [0.3, 0.4) is 0 Å². The van der Waals surface area contributed by atoms with Crippen molar-refractivity contribution in [3.8, 4) is 0 Å². The maximum atomic E-state index is 14.6. The number of hydrogen-bond donors (Lipinski definition) is 21. The molecule has 0 bridgehead atoms. The molecule has 3 saturated heterocycles. The van der Waals surface area contributed by atoms with E-state index in [9.17, 15) is 112 Å². The van der Waals surface area contributed by atoms with Gasteiger partial charge in [-0.3, -0.25) is 81.5 Å². The number of unbranched alkanes of at least 4 members (excludes halogenated alkanes) is 2. The molecule has 3 aliphatic rings. The van der Waals surface area contributed by atoms with Gasteiger partial charge in [-0.25, -0.2) is 4.79 Å². The highest BCUT2D eigenvalue weighted by Crippen LogP contribution is 2.25. The summed E-state index contributed by atoms with van der Waals surface area (Å²) in [4.78, 5) is 250. The highest BCUT2D eigenvalue weighted by Gasteiger charge is 2.45. The molecular formula is C78H135N19O23. The molecule has 16 atom stereocenters. The predicted octanol–water partition coefficient (Wildman–Crippen LogP) is -5.59. The van der Waals surface area contributed by atoms with Crippen LogP contribution in [0.2, 0.25) is 0 Å². The average molecular weight is 1710 g/mol. The Morgan fingerprint density at radius 1 is 0.350 bits per heavy atom. The van der Waals surface area contributed by atoms with Crippen molar-refractivity contribution < 1.29 is 112 Å². The number of nitrogens with two attached hydrogens (primary N) is 4. The Morgan fingerprint density at radius 3 is 1.06 bits per heavy atom. The molecular weight excluding hydrogens is 1570 g/mol. The van der Waals surface area contributed by atoms with Gasteiger partial charge in [0.15, 0.2) is 0 Å². The summed E-state index contributed by atoms with van der Waals surface area (Å²) in [6.07, 6.45) is 1.75. The van der Waals surface area contributed by atoms with Gasteiger partial charge in [-0.05, 0) is 159 Å². The van der Waals surface area contributed by atoms with Crippen LogP contribution < -0.4 is 86.7 Å². The summed E-state index contributed by atoms with van der Waals surface area (Å²) in [7, 11) is 0. The summed E-state index contributed by atoms with van der Waals surface area (Å²) in [6, 6.07) is -22.5. The van der Waals surface area contributed by atoms with E-state index < -0.39 is 255 Å². The SMILES string of the molecule is CC(C)C[C@H](NC(=O)[C@H](CO)NC(=O)[C@@H]1CCCN1C(=O)[C@@H](N)CCCCN)C(=O)N[C@@H](CCC(N)=O)C(=O)N[C@@H](C)C(=O)N[C@@H](CC(C)C)C(=O)N1CCC[C@H]1C(=O)N[C@@H](CO)C(=O)N[C@@H](CO)C(=O)N[C@@H](CC(C)C)C(=O)N[C@H](C(=O)N1CCC[C@H]1C(=O)N[C@@H](CC(C)C)C(=O)N[C@@H](CCC(=O)O)C(=O)N[C@@H](CCCCN)C(=O)O)C(C)C. The molecule has 0 aromatic heterocycles. The van der Waals surface area contributed by atoms with Crippen molar-refractivity contribution in [3.05, 3.63) is 0 Å². The number of amides is 16. The standard InChI is InChI=1S/C78H135N19O23/c1-40(2)33-50(87-70(111)55(38-99)92-73(114)57-21-16-30-95(57)75(116)46(81)19-12-14-28-79)66(107)84-47(24-26-60(82)101)64(105)83-45(11)63(104)90-53(36-43(7)8)76(117)96-31-17-22-58(96)74(115)93-56(39-100)71(112)91-54(37-98)69(110)88-52(35-42(5)6)68(109)94-62(44(9)10)77(118)97-32-18-23-59(97)72(113)89-51(34-41(3)4)67(108)85-48(25-27-61(102)103)65(106)86-49(78(119)120)20-13-15-29-80/h40-59,62,98-100H,12-39,79-81H2,1-11H3,(H2,82,101)(H,83,105)(H,84,107)(H,85,108)(H,86,106)(H,87,111)(H,88,110)(H,89,113)(H,90,104)(H,91,112)(H,92,114)(H,93,115)(H,94,109)(H,102,103)(H,119,120)/t45-,46-,47-,48-,49-,50-,51-,52-,53-,54-,55-,56-,57-,58-,59-,62-/m0/s1. The first kappa shape index (κ1) is 104. The first-order valence-corrected chi connectivity index (χ1v) is 41.7. The van der Waals surface area contributed by atoms with Crippen LogP contribution in [0.1, 0.15) is 205 Å². The number of aliphatic carboxylic acids is 2. The molecule has 3 heterocycles. The predicted molar refractivity (Wildman–Crippen MR) is 434 cm³/mol. The van der Waals surface area contributed by atoms with Crippen molar-refractivity contribution in [3.63, 3.8) is 0 Å². The Hall–Kier alpha value is -9.78. The summed E-state index contributed by atoms with van der Waals surface area (Å²) in [5, 5.41) is 80.6. The summed E-state index contributed by atoms with van der Waals surface area (Å²) in [6.45, 7) is 16.2. The first-order chi connectivity index (χ1) is 56.4. The zero-order valence-corrected chi connectivity index (χ0v) is 71.2. The number of aliphatic hydroxyl groups excluding tert-OH is 3. The molecule has 120 heavy (non-hydrogen) atoms. The zero-order valence-electron chi connectivity index (χ0n) is 71.2. The number of carbonyl (C=O) groups is 18. The van der Waals surface area contributed by atoms with Crippen molar-refractivity contribution in [2.75, 3.05) is 52.5 Å². The molecule has 0 aromatic rings. The lowest BCUT2D eigenvalue weighted by molar-refractivity contribution is -0.144. The number of carboxylic acid groups (broad SMARTS) is 2. The molecule has 0 aromatic carbocycles. The van der Waals surface area contributed by atoms with Gasteiger partial charge in [0, 0.05) is 32.5 Å². The van der Waals surface area contributed by atoms with E-state index in [0.717, 1.165) is 4.90 Å². The third kappa shape index (κ3) is 34.4. The highest BCUT2D eigenvalue weighted by atomic mass is 16.4. The number of rotatable bonds is 54. The number of nitrogens with one attached hydrogen (secondary N) is 12. The van der Waals surface area contributed by atoms with Gasteiger partial charge >= 0.3 is 11.9 Å². The Kier molecular flexibility index (Phi) is 45.6. The second-order valence-electron chi connectivity index (χ2n) is 33.2. The van der Waals surface area contributed by atoms with Gasteiger partial charge in [0.2, 0.25) is 94.5 Å². The van der Waals surface area contributed by atoms with E-state index in [2.05, 4.69) is 63.8 Å². The second-order valence-corrected chi connectivity index (χ2v) is 33.2. The summed E-state index contributed by atoms with van der Waals surface area (Å²) < 4.78 is 0. The molecule has 42 nitrogen and oxygen atoms in total. The minimum atomic E-state index is -1.83. The Bertz CT molecular complexity index is 3500. The number of likely N-dealkylation sites (tertiary alicyclic amines) is 3. The number of carboxylic acids is 2. The lowest BCUT2D eigenvalue weighted by Gasteiger charge is -2.33. The quantitative estimate of drug-likeness (QED) is 0.0253. The van der Waals surface area contributed by atoms with E-state index in [1.165, 1.54) is 16.7 Å². The van der Waals surface area contributed by atoms with E-state index in [0.29, 0.717) is 51.5 Å². The molecule has 0 unspecified atom stereocenters. The largest absolute Gasteiger partial charge is 0.481 e. The fourth-order valence-electron chi connectivity index (χ4n) is 14.2. The van der Waals surface area contributed by atoms with Crippen LogP contribution >= 0.6 is 0 Å². The topological polar surface area (TPSA) is 667 Å². The van der Waals surface area contributed by atoms with E-state index in [4.69, 9.17) is 22.9 Å². The number of carbonyl (C=O) groups excluding carboxylic acids is 16. The highest BCUT2D eigenvalue weighted by molar-refractivity contribution is 6.01. The molecule has 0 radical (unpaired) electrons. The Balaban J connectivity index is 1.75.